The maximum atomic E-state index is 12.4. The van der Waals surface area contributed by atoms with Crippen LogP contribution in [0.3, 0.4) is 0 Å². The van der Waals surface area contributed by atoms with Gasteiger partial charge in [0.1, 0.15) is 23.2 Å². The van der Waals surface area contributed by atoms with E-state index in [0.717, 1.165) is 5.56 Å². The fraction of sp³-hybridized carbons (Fsp3) is 0.421. The van der Waals surface area contributed by atoms with E-state index in [-0.39, 0.29) is 12.3 Å². The molecule has 3 rings (SSSR count). The topological polar surface area (TPSA) is 139 Å². The molecule has 10 heteroatoms. The van der Waals surface area contributed by atoms with Gasteiger partial charge in [-0.15, -0.1) is 0 Å². The number of aromatic nitrogens is 2. The smallest absolute Gasteiger partial charge is 0.328 e. The fourth-order valence-electron chi connectivity index (χ4n) is 3.13. The molecule has 0 radical (unpaired) electrons. The number of rotatable bonds is 8. The standard InChI is InChI=1S/C19H25N4O5P/c1-12(29(25,26)27)4-3-9-28-15-7-5-14(6-8-15)11-23-17(24)10-16-18(20)21-13(2)22-19(16)23/h5-8,12H,3-4,9-11H2,1-2H3,(H2,20,21,22)(H2,25,26,27). The number of amides is 1. The number of nitrogens with zero attached hydrogens (tertiary/aromatic N) is 3. The van der Waals surface area contributed by atoms with Crippen LogP contribution < -0.4 is 15.4 Å². The van der Waals surface area contributed by atoms with Crippen LogP contribution in [0.1, 0.15) is 36.7 Å². The summed E-state index contributed by atoms with van der Waals surface area (Å²) in [6.45, 7) is 4.02. The second-order valence-corrected chi connectivity index (χ2v) is 9.25. The Balaban J connectivity index is 1.57. The molecule has 2 heterocycles. The number of nitrogens with two attached hydrogens (primary N) is 1. The summed E-state index contributed by atoms with van der Waals surface area (Å²) in [7, 11) is -4.03. The van der Waals surface area contributed by atoms with Gasteiger partial charge in [0.05, 0.1) is 25.2 Å². The third-order valence-corrected chi connectivity index (χ3v) is 6.29. The first-order chi connectivity index (χ1) is 13.6. The third-order valence-electron chi connectivity index (χ3n) is 4.89. The van der Waals surface area contributed by atoms with Crippen LogP contribution in [0.5, 0.6) is 5.75 Å². The number of anilines is 2. The predicted octanol–water partition coefficient (Wildman–Crippen LogP) is 2.18. The summed E-state index contributed by atoms with van der Waals surface area (Å²) < 4.78 is 16.8. The quantitative estimate of drug-likeness (QED) is 0.436. The molecule has 156 valence electrons. The average molecular weight is 420 g/mol. The van der Waals surface area contributed by atoms with Gasteiger partial charge in [-0.25, -0.2) is 9.97 Å². The molecule has 1 aliphatic heterocycles. The Kier molecular flexibility index (Phi) is 6.21. The van der Waals surface area contributed by atoms with E-state index in [1.54, 1.807) is 11.8 Å². The molecule has 29 heavy (non-hydrogen) atoms. The first-order valence-corrected chi connectivity index (χ1v) is 11.0. The molecule has 1 amide bonds. The van der Waals surface area contributed by atoms with E-state index in [2.05, 4.69) is 9.97 Å². The van der Waals surface area contributed by atoms with Gasteiger partial charge in [-0.1, -0.05) is 19.1 Å². The summed E-state index contributed by atoms with van der Waals surface area (Å²) in [5.41, 5.74) is 6.84. The number of hydrogen-bond donors (Lipinski definition) is 3. The lowest BCUT2D eigenvalue weighted by atomic mass is 10.2. The molecule has 1 atom stereocenters. The summed E-state index contributed by atoms with van der Waals surface area (Å²) in [6.07, 6.45) is 1.15. The molecule has 4 N–H and O–H groups in total. The number of carbonyl (C=O) groups is 1. The Labute approximate surface area is 169 Å². The van der Waals surface area contributed by atoms with Crippen molar-refractivity contribution in [3.8, 4) is 5.75 Å². The summed E-state index contributed by atoms with van der Waals surface area (Å²) in [5.74, 6) is 2.04. The zero-order valence-electron chi connectivity index (χ0n) is 16.4. The van der Waals surface area contributed by atoms with Crippen LogP contribution in [0.4, 0.5) is 11.6 Å². The Bertz CT molecular complexity index is 944. The van der Waals surface area contributed by atoms with E-state index in [4.69, 9.17) is 20.3 Å². The number of benzene rings is 1. The van der Waals surface area contributed by atoms with Gasteiger partial charge >= 0.3 is 7.60 Å². The monoisotopic (exact) mass is 420 g/mol. The predicted molar refractivity (Wildman–Crippen MR) is 109 cm³/mol. The minimum Gasteiger partial charge on any atom is -0.494 e. The normalized spacial score (nSPS) is 14.8. The molecule has 0 saturated carbocycles. The van der Waals surface area contributed by atoms with Gasteiger partial charge in [0.15, 0.2) is 0 Å². The van der Waals surface area contributed by atoms with Crippen LogP contribution >= 0.6 is 7.60 Å². The maximum absolute atomic E-state index is 12.4. The Morgan fingerprint density at radius 3 is 2.62 bits per heavy atom. The number of nitrogen functional groups attached to an aromatic ring is 1. The SMILES string of the molecule is Cc1nc(N)c2c(n1)N(Cc1ccc(OCCCC(C)P(=O)(O)O)cc1)C(=O)C2. The van der Waals surface area contributed by atoms with E-state index in [1.165, 1.54) is 6.92 Å². The molecule has 0 fully saturated rings. The largest absolute Gasteiger partial charge is 0.494 e. The fourth-order valence-corrected chi connectivity index (χ4v) is 3.65. The van der Waals surface area contributed by atoms with Crippen molar-refractivity contribution in [1.29, 1.82) is 0 Å². The summed E-state index contributed by atoms with van der Waals surface area (Å²) in [4.78, 5) is 40.7. The Morgan fingerprint density at radius 1 is 1.28 bits per heavy atom. The molecule has 0 bridgehead atoms. The van der Waals surface area contributed by atoms with Crippen molar-refractivity contribution < 1.29 is 23.9 Å². The number of fused-ring (bicyclic) bond motifs is 1. The highest BCUT2D eigenvalue weighted by Gasteiger charge is 2.31. The van der Waals surface area contributed by atoms with Gasteiger partial charge in [-0.05, 0) is 37.5 Å². The summed E-state index contributed by atoms with van der Waals surface area (Å²) in [5, 5.41) is 0. The van der Waals surface area contributed by atoms with Gasteiger partial charge in [-0.2, -0.15) is 0 Å². The molecule has 1 aromatic heterocycles. The highest BCUT2D eigenvalue weighted by molar-refractivity contribution is 7.52. The Morgan fingerprint density at radius 2 is 1.97 bits per heavy atom. The van der Waals surface area contributed by atoms with Crippen LogP contribution in [0.2, 0.25) is 0 Å². The average Bonchev–Trinajstić information content (AvgIpc) is 2.95. The van der Waals surface area contributed by atoms with Crippen molar-refractivity contribution in [3.63, 3.8) is 0 Å². The van der Waals surface area contributed by atoms with Crippen LogP contribution in [0.15, 0.2) is 24.3 Å². The van der Waals surface area contributed by atoms with Crippen LogP contribution in [-0.2, 0) is 22.3 Å². The zero-order chi connectivity index (χ0) is 21.2. The van der Waals surface area contributed by atoms with Crippen LogP contribution in [0, 0.1) is 6.92 Å². The van der Waals surface area contributed by atoms with Gasteiger partial charge in [0.2, 0.25) is 5.91 Å². The van der Waals surface area contributed by atoms with Crippen molar-refractivity contribution in [2.45, 2.75) is 45.3 Å². The van der Waals surface area contributed by atoms with Crippen LogP contribution in [0.25, 0.3) is 0 Å². The van der Waals surface area contributed by atoms with E-state index >= 15 is 0 Å². The molecule has 9 nitrogen and oxygen atoms in total. The van der Waals surface area contributed by atoms with Gasteiger partial charge in [-0.3, -0.25) is 14.3 Å². The second kappa shape index (κ2) is 8.49. The first kappa shape index (κ1) is 21.2. The zero-order valence-corrected chi connectivity index (χ0v) is 17.3. The highest BCUT2D eigenvalue weighted by atomic mass is 31.2. The lowest BCUT2D eigenvalue weighted by Gasteiger charge is -2.17. The van der Waals surface area contributed by atoms with Crippen molar-refractivity contribution in [1.82, 2.24) is 9.97 Å². The molecule has 0 saturated heterocycles. The van der Waals surface area contributed by atoms with Crippen molar-refractivity contribution in [2.75, 3.05) is 17.2 Å². The molecular weight excluding hydrogens is 395 g/mol. The minimum absolute atomic E-state index is 0.0638. The van der Waals surface area contributed by atoms with Gasteiger partial charge < -0.3 is 20.3 Å². The van der Waals surface area contributed by atoms with Gasteiger partial charge in [0, 0.05) is 5.56 Å². The van der Waals surface area contributed by atoms with Gasteiger partial charge in [0.25, 0.3) is 0 Å². The molecule has 1 unspecified atom stereocenters. The lowest BCUT2D eigenvalue weighted by molar-refractivity contribution is -0.117. The van der Waals surface area contributed by atoms with E-state index < -0.39 is 13.3 Å². The van der Waals surface area contributed by atoms with Crippen molar-refractivity contribution >= 4 is 25.1 Å². The van der Waals surface area contributed by atoms with E-state index in [0.29, 0.717) is 54.8 Å². The Hall–Kier alpha value is -2.48. The second-order valence-electron chi connectivity index (χ2n) is 7.19. The highest BCUT2D eigenvalue weighted by Crippen LogP contribution is 2.42. The number of hydrogen-bond acceptors (Lipinski definition) is 6. The summed E-state index contributed by atoms with van der Waals surface area (Å²) in [6, 6.07) is 7.36. The molecule has 1 aromatic carbocycles. The van der Waals surface area contributed by atoms with E-state index in [9.17, 15) is 9.36 Å². The molecule has 2 aromatic rings. The first-order valence-electron chi connectivity index (χ1n) is 9.35. The molecule has 1 aliphatic rings. The molecular formula is C19H25N4O5P. The maximum Gasteiger partial charge on any atom is 0.328 e. The third kappa shape index (κ3) is 5.12. The van der Waals surface area contributed by atoms with Crippen molar-refractivity contribution in [3.05, 3.63) is 41.2 Å². The lowest BCUT2D eigenvalue weighted by Crippen LogP contribution is -2.26. The number of ether oxygens (including phenoxy) is 1. The van der Waals surface area contributed by atoms with E-state index in [1.807, 2.05) is 24.3 Å². The summed E-state index contributed by atoms with van der Waals surface area (Å²) >= 11 is 0. The number of aryl methyl sites for hydroxylation is 1. The number of carbonyl (C=O) groups excluding carboxylic acids is 1. The van der Waals surface area contributed by atoms with Crippen LogP contribution in [-0.4, -0.2) is 37.9 Å². The molecule has 0 spiro atoms. The van der Waals surface area contributed by atoms with Crippen molar-refractivity contribution in [2.24, 2.45) is 0 Å². The minimum atomic E-state index is -4.03. The molecule has 0 aliphatic carbocycles.